The van der Waals surface area contributed by atoms with Crippen LogP contribution >= 0.6 is 0 Å². The second kappa shape index (κ2) is 5.03. The molecule has 0 radical (unpaired) electrons. The van der Waals surface area contributed by atoms with E-state index in [-0.39, 0.29) is 0 Å². The Labute approximate surface area is 99.5 Å². The fraction of sp³-hybridized carbons (Fsp3) is 1.00. The van der Waals surface area contributed by atoms with Gasteiger partial charge >= 0.3 is 0 Å². The third-order valence-corrected chi connectivity index (χ3v) is 4.00. The molecule has 0 bridgehead atoms. The minimum Gasteiger partial charge on any atom is -0.376 e. The topological polar surface area (TPSA) is 24.5 Å². The number of hydrogen-bond donors (Lipinski definition) is 1. The molecule has 3 heteroatoms. The van der Waals surface area contributed by atoms with E-state index in [0.29, 0.717) is 17.7 Å². The van der Waals surface area contributed by atoms with Crippen LogP contribution in [-0.4, -0.2) is 48.8 Å². The van der Waals surface area contributed by atoms with Crippen molar-refractivity contribution in [3.63, 3.8) is 0 Å². The van der Waals surface area contributed by atoms with Crippen LogP contribution in [-0.2, 0) is 4.74 Å². The molecule has 94 valence electrons. The Hall–Kier alpha value is -0.120. The van der Waals surface area contributed by atoms with Gasteiger partial charge in [0.15, 0.2) is 0 Å². The van der Waals surface area contributed by atoms with Crippen molar-refractivity contribution in [1.82, 2.24) is 10.2 Å². The van der Waals surface area contributed by atoms with E-state index in [1.54, 1.807) is 0 Å². The second-order valence-corrected chi connectivity index (χ2v) is 5.87. The van der Waals surface area contributed by atoms with E-state index in [1.165, 1.54) is 32.4 Å². The molecule has 0 aliphatic carbocycles. The molecule has 0 aromatic carbocycles. The summed E-state index contributed by atoms with van der Waals surface area (Å²) < 4.78 is 5.68. The van der Waals surface area contributed by atoms with Crippen molar-refractivity contribution in [2.75, 3.05) is 26.2 Å². The largest absolute Gasteiger partial charge is 0.376 e. The molecular formula is C13H26N2O. The molecule has 3 atom stereocenters. The van der Waals surface area contributed by atoms with Crippen molar-refractivity contribution in [2.45, 2.75) is 57.7 Å². The van der Waals surface area contributed by atoms with Gasteiger partial charge in [-0.05, 0) is 40.2 Å². The summed E-state index contributed by atoms with van der Waals surface area (Å²) in [4.78, 5) is 2.59. The summed E-state index contributed by atoms with van der Waals surface area (Å²) in [5.74, 6) is 0. The van der Waals surface area contributed by atoms with Gasteiger partial charge in [0.1, 0.15) is 0 Å². The lowest BCUT2D eigenvalue weighted by Gasteiger charge is -2.44. The number of hydrogen-bond acceptors (Lipinski definition) is 3. The van der Waals surface area contributed by atoms with Gasteiger partial charge in [0.25, 0.3) is 0 Å². The van der Waals surface area contributed by atoms with Crippen LogP contribution < -0.4 is 5.32 Å². The summed E-state index contributed by atoms with van der Waals surface area (Å²) in [6.07, 6.45) is 4.41. The molecule has 0 amide bonds. The zero-order valence-corrected chi connectivity index (χ0v) is 11.0. The summed E-state index contributed by atoms with van der Waals surface area (Å²) in [6, 6.07) is 0.566. The highest BCUT2D eigenvalue weighted by Crippen LogP contribution is 2.22. The molecule has 2 aliphatic rings. The molecule has 0 saturated carbocycles. The quantitative estimate of drug-likeness (QED) is 0.774. The maximum atomic E-state index is 5.68. The van der Waals surface area contributed by atoms with Crippen molar-refractivity contribution < 1.29 is 4.74 Å². The minimum atomic E-state index is 0.323. The van der Waals surface area contributed by atoms with Crippen molar-refractivity contribution in [1.29, 1.82) is 0 Å². The Balaban J connectivity index is 1.91. The van der Waals surface area contributed by atoms with Crippen LogP contribution in [0.2, 0.25) is 0 Å². The van der Waals surface area contributed by atoms with Crippen LogP contribution in [0, 0.1) is 0 Å². The van der Waals surface area contributed by atoms with Gasteiger partial charge in [-0.3, -0.25) is 4.90 Å². The standard InChI is InChI=1S/C13H26N2O/c1-11-9-16-12(2)8-15(11)10-13(3)6-4-5-7-14-13/h11-12,14H,4-10H2,1-3H3. The lowest BCUT2D eigenvalue weighted by atomic mass is 9.89. The highest BCUT2D eigenvalue weighted by atomic mass is 16.5. The predicted molar refractivity (Wildman–Crippen MR) is 66.7 cm³/mol. The van der Waals surface area contributed by atoms with E-state index in [9.17, 15) is 0 Å². The van der Waals surface area contributed by atoms with Gasteiger partial charge in [-0.15, -0.1) is 0 Å². The van der Waals surface area contributed by atoms with Crippen molar-refractivity contribution in [3.05, 3.63) is 0 Å². The van der Waals surface area contributed by atoms with Crippen molar-refractivity contribution in [2.24, 2.45) is 0 Å². The molecular weight excluding hydrogens is 200 g/mol. The monoisotopic (exact) mass is 226 g/mol. The van der Waals surface area contributed by atoms with E-state index in [2.05, 4.69) is 31.0 Å². The summed E-state index contributed by atoms with van der Waals surface area (Å²) in [6.45, 7) is 11.1. The number of piperidine rings is 1. The van der Waals surface area contributed by atoms with Gasteiger partial charge in [0.05, 0.1) is 12.7 Å². The first-order valence-electron chi connectivity index (χ1n) is 6.70. The summed E-state index contributed by atoms with van der Waals surface area (Å²) >= 11 is 0. The molecule has 3 nitrogen and oxygen atoms in total. The molecule has 0 aromatic rings. The molecule has 2 aliphatic heterocycles. The van der Waals surface area contributed by atoms with Gasteiger partial charge in [0, 0.05) is 24.7 Å². The van der Waals surface area contributed by atoms with Crippen LogP contribution in [0.4, 0.5) is 0 Å². The SMILES string of the molecule is CC1CN(CC2(C)CCCCN2)C(C)CO1. The zero-order chi connectivity index (χ0) is 11.6. The molecule has 3 unspecified atom stereocenters. The first-order chi connectivity index (χ1) is 7.59. The Morgan fingerprint density at radius 3 is 2.88 bits per heavy atom. The Bertz CT molecular complexity index is 226. The van der Waals surface area contributed by atoms with Crippen molar-refractivity contribution in [3.8, 4) is 0 Å². The van der Waals surface area contributed by atoms with Crippen molar-refractivity contribution >= 4 is 0 Å². The molecule has 1 N–H and O–H groups in total. The maximum absolute atomic E-state index is 5.68. The fourth-order valence-electron chi connectivity index (χ4n) is 2.89. The Morgan fingerprint density at radius 1 is 1.38 bits per heavy atom. The van der Waals surface area contributed by atoms with Gasteiger partial charge in [-0.25, -0.2) is 0 Å². The third kappa shape index (κ3) is 2.96. The Morgan fingerprint density at radius 2 is 2.19 bits per heavy atom. The zero-order valence-electron chi connectivity index (χ0n) is 11.0. The van der Waals surface area contributed by atoms with Gasteiger partial charge in [-0.2, -0.15) is 0 Å². The molecule has 2 saturated heterocycles. The number of nitrogens with one attached hydrogen (secondary N) is 1. The molecule has 0 spiro atoms. The molecule has 2 heterocycles. The van der Waals surface area contributed by atoms with E-state index >= 15 is 0 Å². The fourth-order valence-corrected chi connectivity index (χ4v) is 2.89. The van der Waals surface area contributed by atoms with Gasteiger partial charge in [-0.1, -0.05) is 6.42 Å². The van der Waals surface area contributed by atoms with E-state index in [4.69, 9.17) is 4.74 Å². The number of ether oxygens (including phenoxy) is 1. The predicted octanol–water partition coefficient (Wildman–Crippen LogP) is 1.63. The third-order valence-electron chi connectivity index (χ3n) is 4.00. The number of morpholine rings is 1. The molecule has 16 heavy (non-hydrogen) atoms. The van der Waals surface area contributed by atoms with E-state index in [0.717, 1.165) is 13.2 Å². The first-order valence-corrected chi connectivity index (χ1v) is 6.70. The normalized spacial score (nSPS) is 42.2. The van der Waals surface area contributed by atoms with Crippen LogP contribution in [0.15, 0.2) is 0 Å². The second-order valence-electron chi connectivity index (χ2n) is 5.87. The van der Waals surface area contributed by atoms with Gasteiger partial charge in [0.2, 0.25) is 0 Å². The molecule has 2 fully saturated rings. The average Bonchev–Trinajstić information content (AvgIpc) is 2.24. The molecule has 2 rings (SSSR count). The molecule has 0 aromatic heterocycles. The summed E-state index contributed by atoms with van der Waals surface area (Å²) in [5, 5.41) is 3.70. The smallest absolute Gasteiger partial charge is 0.0674 e. The Kier molecular flexibility index (Phi) is 3.88. The lowest BCUT2D eigenvalue weighted by Crippen LogP contribution is -2.58. The van der Waals surface area contributed by atoms with Crippen LogP contribution in [0.5, 0.6) is 0 Å². The highest BCUT2D eigenvalue weighted by molar-refractivity contribution is 4.91. The number of rotatable bonds is 2. The van der Waals surface area contributed by atoms with Crippen LogP contribution in [0.1, 0.15) is 40.0 Å². The van der Waals surface area contributed by atoms with Crippen LogP contribution in [0.25, 0.3) is 0 Å². The summed E-state index contributed by atoms with van der Waals surface area (Å²) in [5.41, 5.74) is 0.323. The highest BCUT2D eigenvalue weighted by Gasteiger charge is 2.32. The van der Waals surface area contributed by atoms with E-state index < -0.39 is 0 Å². The summed E-state index contributed by atoms with van der Waals surface area (Å²) in [7, 11) is 0. The van der Waals surface area contributed by atoms with Crippen LogP contribution in [0.3, 0.4) is 0 Å². The number of nitrogens with zero attached hydrogens (tertiary/aromatic N) is 1. The van der Waals surface area contributed by atoms with E-state index in [1.807, 2.05) is 0 Å². The lowest BCUT2D eigenvalue weighted by molar-refractivity contribution is -0.0586. The minimum absolute atomic E-state index is 0.323. The van der Waals surface area contributed by atoms with Gasteiger partial charge < -0.3 is 10.1 Å². The first kappa shape index (κ1) is 12.3. The maximum Gasteiger partial charge on any atom is 0.0674 e. The average molecular weight is 226 g/mol.